The van der Waals surface area contributed by atoms with Crippen molar-refractivity contribution in [3.8, 4) is 0 Å². The van der Waals surface area contributed by atoms with E-state index < -0.39 is 5.91 Å². The lowest BCUT2D eigenvalue weighted by Crippen LogP contribution is -2.37. The molecule has 0 radical (unpaired) electrons. The van der Waals surface area contributed by atoms with E-state index >= 15 is 0 Å². The van der Waals surface area contributed by atoms with Gasteiger partial charge in [-0.3, -0.25) is 14.8 Å². The molecular formula is C14H14N4O3S. The predicted molar refractivity (Wildman–Crippen MR) is 78.8 cm³/mol. The summed E-state index contributed by atoms with van der Waals surface area (Å²) in [6.45, 7) is 2.84. The smallest absolute Gasteiger partial charge is 0.293 e. The average molecular weight is 318 g/mol. The van der Waals surface area contributed by atoms with Gasteiger partial charge in [0.2, 0.25) is 0 Å². The molecule has 0 aliphatic carbocycles. The third kappa shape index (κ3) is 2.70. The molecule has 0 atom stereocenters. The number of aryl methyl sites for hydroxylation is 1. The van der Waals surface area contributed by atoms with E-state index in [0.717, 1.165) is 16.3 Å². The Morgan fingerprint density at radius 2 is 2.14 bits per heavy atom. The second kappa shape index (κ2) is 5.82. The van der Waals surface area contributed by atoms with Crippen LogP contribution in [0.2, 0.25) is 0 Å². The number of hydrogen-bond acceptors (Lipinski definition) is 6. The van der Waals surface area contributed by atoms with Gasteiger partial charge >= 0.3 is 0 Å². The molecule has 22 heavy (non-hydrogen) atoms. The summed E-state index contributed by atoms with van der Waals surface area (Å²) >= 11 is 1.45. The van der Waals surface area contributed by atoms with Crippen molar-refractivity contribution in [1.29, 1.82) is 0 Å². The molecule has 2 N–H and O–H groups in total. The van der Waals surface area contributed by atoms with E-state index in [0.29, 0.717) is 25.2 Å². The monoisotopic (exact) mass is 318 g/mol. The topological polar surface area (TPSA) is 95.4 Å². The third-order valence-corrected chi connectivity index (χ3v) is 4.28. The zero-order valence-corrected chi connectivity index (χ0v) is 12.7. The van der Waals surface area contributed by atoms with Crippen molar-refractivity contribution in [2.45, 2.75) is 19.9 Å². The Morgan fingerprint density at radius 1 is 1.32 bits per heavy atom. The van der Waals surface area contributed by atoms with Crippen molar-refractivity contribution in [2.75, 3.05) is 6.54 Å². The van der Waals surface area contributed by atoms with Crippen LogP contribution in [-0.4, -0.2) is 38.4 Å². The summed E-state index contributed by atoms with van der Waals surface area (Å²) in [7, 11) is 0. The van der Waals surface area contributed by atoms with Crippen molar-refractivity contribution in [3.05, 3.63) is 45.2 Å². The molecule has 114 valence electrons. The molecule has 0 unspecified atom stereocenters. The normalized spacial score (nSPS) is 13.6. The number of aromatic nitrogens is 2. The molecule has 3 rings (SSSR count). The predicted octanol–water partition coefficient (Wildman–Crippen LogP) is 1.16. The minimum absolute atomic E-state index is 0.0906. The highest BCUT2D eigenvalue weighted by Crippen LogP contribution is 2.20. The van der Waals surface area contributed by atoms with Crippen LogP contribution in [0.1, 0.15) is 37.2 Å². The molecule has 0 bridgehead atoms. The van der Waals surface area contributed by atoms with Gasteiger partial charge in [-0.1, -0.05) is 6.07 Å². The van der Waals surface area contributed by atoms with Crippen LogP contribution in [0.15, 0.2) is 17.5 Å². The van der Waals surface area contributed by atoms with E-state index in [1.807, 2.05) is 6.92 Å². The first-order valence-electron chi connectivity index (χ1n) is 6.73. The van der Waals surface area contributed by atoms with Gasteiger partial charge in [-0.25, -0.2) is 15.4 Å². The number of carbonyl (C=O) groups is 2. The molecule has 0 saturated carbocycles. The fourth-order valence-corrected chi connectivity index (χ4v) is 2.98. The Hall–Kier alpha value is -2.32. The van der Waals surface area contributed by atoms with Crippen molar-refractivity contribution in [3.63, 3.8) is 0 Å². The Kier molecular flexibility index (Phi) is 3.86. The minimum atomic E-state index is -0.640. The van der Waals surface area contributed by atoms with Gasteiger partial charge in [0.05, 0.1) is 5.01 Å². The summed E-state index contributed by atoms with van der Waals surface area (Å²) in [5.41, 5.74) is 3.88. The Bertz CT molecular complexity index is 743. The van der Waals surface area contributed by atoms with Gasteiger partial charge in [-0.15, -0.1) is 11.3 Å². The quantitative estimate of drug-likeness (QED) is 0.640. The summed E-state index contributed by atoms with van der Waals surface area (Å²) < 4.78 is 0. The molecule has 1 aliphatic heterocycles. The number of rotatable bonds is 2. The van der Waals surface area contributed by atoms with Gasteiger partial charge in [0.25, 0.3) is 11.8 Å². The van der Waals surface area contributed by atoms with Gasteiger partial charge < -0.3 is 4.90 Å². The van der Waals surface area contributed by atoms with Crippen LogP contribution in [0.4, 0.5) is 0 Å². The molecule has 2 aromatic rings. The van der Waals surface area contributed by atoms with Crippen molar-refractivity contribution < 1.29 is 14.8 Å². The lowest BCUT2D eigenvalue weighted by molar-refractivity contribution is 0.0695. The van der Waals surface area contributed by atoms with Gasteiger partial charge in [-0.2, -0.15) is 0 Å². The lowest BCUT2D eigenvalue weighted by atomic mass is 10.0. The first-order chi connectivity index (χ1) is 10.6. The molecule has 0 fully saturated rings. The van der Waals surface area contributed by atoms with Gasteiger partial charge in [0.1, 0.15) is 11.4 Å². The van der Waals surface area contributed by atoms with Gasteiger partial charge in [-0.05, 0) is 18.6 Å². The number of thiazole rings is 1. The zero-order valence-electron chi connectivity index (χ0n) is 11.9. The van der Waals surface area contributed by atoms with Crippen LogP contribution < -0.4 is 5.48 Å². The second-order valence-electron chi connectivity index (χ2n) is 4.97. The standard InChI is InChI=1S/C14H14N4O3S/c1-8-15-12(7-22-8)14(20)18-5-4-10-9(6-18)2-3-11(16-10)13(19)17-21/h2-3,7,21H,4-6H2,1H3,(H,17,19). The maximum Gasteiger partial charge on any atom is 0.293 e. The summed E-state index contributed by atoms with van der Waals surface area (Å²) in [6.07, 6.45) is 0.566. The van der Waals surface area contributed by atoms with Gasteiger partial charge in [0, 0.05) is 30.6 Å². The van der Waals surface area contributed by atoms with Crippen LogP contribution in [0.3, 0.4) is 0 Å². The molecule has 0 aromatic carbocycles. The Morgan fingerprint density at radius 3 is 2.82 bits per heavy atom. The third-order valence-electron chi connectivity index (χ3n) is 3.51. The highest BCUT2D eigenvalue weighted by atomic mass is 32.1. The number of fused-ring (bicyclic) bond motifs is 1. The number of pyridine rings is 1. The molecule has 7 nitrogen and oxygen atoms in total. The van der Waals surface area contributed by atoms with Crippen molar-refractivity contribution in [1.82, 2.24) is 20.3 Å². The molecule has 0 spiro atoms. The first-order valence-corrected chi connectivity index (χ1v) is 7.61. The van der Waals surface area contributed by atoms with E-state index in [2.05, 4.69) is 9.97 Å². The SMILES string of the molecule is Cc1nc(C(=O)N2CCc3nc(C(=O)NO)ccc3C2)cs1. The molecule has 2 aromatic heterocycles. The first kappa shape index (κ1) is 14.6. The highest BCUT2D eigenvalue weighted by Gasteiger charge is 2.24. The summed E-state index contributed by atoms with van der Waals surface area (Å²) in [5, 5.41) is 11.3. The van der Waals surface area contributed by atoms with Crippen LogP contribution >= 0.6 is 11.3 Å². The number of amides is 2. The molecule has 3 heterocycles. The van der Waals surface area contributed by atoms with Crippen LogP contribution in [0.5, 0.6) is 0 Å². The Labute approximate surface area is 130 Å². The van der Waals surface area contributed by atoms with E-state index in [9.17, 15) is 9.59 Å². The Balaban J connectivity index is 1.79. The largest absolute Gasteiger partial charge is 0.332 e. The van der Waals surface area contributed by atoms with Gasteiger partial charge in [0.15, 0.2) is 0 Å². The van der Waals surface area contributed by atoms with E-state index in [-0.39, 0.29) is 11.6 Å². The molecule has 2 amide bonds. The fraction of sp³-hybridized carbons (Fsp3) is 0.286. The molecule has 0 saturated heterocycles. The number of hydrogen-bond donors (Lipinski definition) is 2. The minimum Gasteiger partial charge on any atom is -0.332 e. The summed E-state index contributed by atoms with van der Waals surface area (Å²) in [5.74, 6) is -0.730. The van der Waals surface area contributed by atoms with Crippen molar-refractivity contribution in [2.24, 2.45) is 0 Å². The molecule has 8 heteroatoms. The molecular weight excluding hydrogens is 304 g/mol. The highest BCUT2D eigenvalue weighted by molar-refractivity contribution is 7.09. The summed E-state index contributed by atoms with van der Waals surface area (Å²) in [4.78, 5) is 33.9. The lowest BCUT2D eigenvalue weighted by Gasteiger charge is -2.27. The fourth-order valence-electron chi connectivity index (χ4n) is 2.40. The van der Waals surface area contributed by atoms with E-state index in [4.69, 9.17) is 5.21 Å². The number of nitrogens with one attached hydrogen (secondary N) is 1. The maximum atomic E-state index is 12.4. The van der Waals surface area contributed by atoms with Crippen molar-refractivity contribution >= 4 is 23.2 Å². The number of nitrogens with zero attached hydrogens (tertiary/aromatic N) is 3. The molecule has 1 aliphatic rings. The number of carbonyl (C=O) groups excluding carboxylic acids is 2. The second-order valence-corrected chi connectivity index (χ2v) is 6.03. The zero-order chi connectivity index (χ0) is 15.7. The van der Waals surface area contributed by atoms with E-state index in [1.54, 1.807) is 21.8 Å². The average Bonchev–Trinajstić information content (AvgIpc) is 2.98. The summed E-state index contributed by atoms with van der Waals surface area (Å²) in [6, 6.07) is 3.30. The van der Waals surface area contributed by atoms with Crippen LogP contribution in [0.25, 0.3) is 0 Å². The van der Waals surface area contributed by atoms with Crippen LogP contribution in [0, 0.1) is 6.92 Å². The van der Waals surface area contributed by atoms with Crippen LogP contribution in [-0.2, 0) is 13.0 Å². The maximum absolute atomic E-state index is 12.4. The number of hydroxylamine groups is 1. The van der Waals surface area contributed by atoms with E-state index in [1.165, 1.54) is 17.4 Å².